The van der Waals surface area contributed by atoms with Crippen molar-refractivity contribution in [2.24, 2.45) is 0 Å². The van der Waals surface area contributed by atoms with Crippen LogP contribution < -0.4 is 4.90 Å². The molecule has 0 spiro atoms. The van der Waals surface area contributed by atoms with Crippen LogP contribution in [0.15, 0.2) is 142 Å². The summed E-state index contributed by atoms with van der Waals surface area (Å²) in [6, 6.07) is 49.2. The molecule has 55 heavy (non-hydrogen) atoms. The molecule has 2 aliphatic rings. The summed E-state index contributed by atoms with van der Waals surface area (Å²) in [6.45, 7) is 16.2. The Morgan fingerprint density at radius 2 is 1.15 bits per heavy atom. The van der Waals surface area contributed by atoms with Gasteiger partial charge in [0.15, 0.2) is 0 Å². The van der Waals surface area contributed by atoms with E-state index in [0.29, 0.717) is 0 Å². The maximum absolute atomic E-state index is 6.86. The summed E-state index contributed by atoms with van der Waals surface area (Å²) in [5.74, 6) is 0. The quantitative estimate of drug-likeness (QED) is 0.183. The summed E-state index contributed by atoms with van der Waals surface area (Å²) >= 11 is 0. The predicted octanol–water partition coefficient (Wildman–Crippen LogP) is 14.9. The van der Waals surface area contributed by atoms with Crippen LogP contribution in [0.1, 0.15) is 76.3 Å². The van der Waals surface area contributed by atoms with Gasteiger partial charge in [-0.3, -0.25) is 0 Å². The fourth-order valence-corrected chi connectivity index (χ4v) is 9.86. The molecule has 2 heterocycles. The molecule has 0 saturated carbocycles. The molecule has 2 aromatic heterocycles. The van der Waals surface area contributed by atoms with Crippen LogP contribution >= 0.6 is 0 Å². The highest BCUT2D eigenvalue weighted by Gasteiger charge is 2.39. The SMILES string of the molecule is CC(C)(C)c1ccc2oc3c4c(ccc3c2c1)C(C)(C)c1ccc(N(c2ccc3c(c2)C(C)(C)c2ccccc2-3)c2cccc3oc5ccccc5c23)cc1-4. The van der Waals surface area contributed by atoms with Gasteiger partial charge < -0.3 is 13.7 Å². The lowest BCUT2D eigenvalue weighted by Crippen LogP contribution is -2.17. The van der Waals surface area contributed by atoms with Gasteiger partial charge in [0, 0.05) is 43.9 Å². The zero-order valence-electron chi connectivity index (χ0n) is 32.5. The zero-order chi connectivity index (χ0) is 37.6. The van der Waals surface area contributed by atoms with Crippen molar-refractivity contribution in [3.8, 4) is 22.3 Å². The van der Waals surface area contributed by atoms with Gasteiger partial charge in [0.2, 0.25) is 0 Å². The van der Waals surface area contributed by atoms with Crippen molar-refractivity contribution in [2.45, 2.75) is 64.7 Å². The Balaban J connectivity index is 1.18. The molecule has 0 radical (unpaired) electrons. The fraction of sp³-hybridized carbons (Fsp3) is 0.192. The van der Waals surface area contributed by atoms with E-state index in [2.05, 4.69) is 181 Å². The highest BCUT2D eigenvalue weighted by atomic mass is 16.3. The van der Waals surface area contributed by atoms with Crippen LogP contribution in [-0.4, -0.2) is 0 Å². The maximum atomic E-state index is 6.86. The second kappa shape index (κ2) is 10.8. The molecule has 7 aromatic carbocycles. The molecule has 268 valence electrons. The standard InChI is InChI=1S/C52H43NO2/c1-50(2,3)30-19-26-45-37(27-30)35-23-25-41-47(49(35)55-45)38-28-31(21-24-40(38)51(41,4)5)53(43-16-12-18-46-48(43)36-14-9-11-17-44(36)54-46)32-20-22-34-33-13-8-10-15-39(33)52(6,7)42(34)29-32/h8-29H,1-7H3. The Morgan fingerprint density at radius 3 is 2.00 bits per heavy atom. The van der Waals surface area contributed by atoms with Crippen molar-refractivity contribution in [1.29, 1.82) is 0 Å². The number of hydrogen-bond acceptors (Lipinski definition) is 3. The fourth-order valence-electron chi connectivity index (χ4n) is 9.86. The molecule has 0 bridgehead atoms. The van der Waals surface area contributed by atoms with Crippen LogP contribution in [0.25, 0.3) is 66.1 Å². The highest BCUT2D eigenvalue weighted by molar-refractivity contribution is 6.15. The minimum absolute atomic E-state index is 0.0419. The van der Waals surface area contributed by atoms with E-state index >= 15 is 0 Å². The number of rotatable bonds is 3. The van der Waals surface area contributed by atoms with E-state index in [9.17, 15) is 0 Å². The minimum Gasteiger partial charge on any atom is -0.456 e. The lowest BCUT2D eigenvalue weighted by Gasteiger charge is -2.29. The summed E-state index contributed by atoms with van der Waals surface area (Å²) in [5, 5.41) is 4.56. The van der Waals surface area contributed by atoms with Gasteiger partial charge in [-0.15, -0.1) is 0 Å². The number of furan rings is 2. The molecule has 11 rings (SSSR count). The average Bonchev–Trinajstić information content (AvgIpc) is 3.87. The number of hydrogen-bond donors (Lipinski definition) is 0. The number of para-hydroxylation sites is 1. The summed E-state index contributed by atoms with van der Waals surface area (Å²) in [4.78, 5) is 2.45. The van der Waals surface area contributed by atoms with Crippen LogP contribution in [0.3, 0.4) is 0 Å². The van der Waals surface area contributed by atoms with E-state index in [0.717, 1.165) is 50.2 Å². The third-order valence-corrected chi connectivity index (χ3v) is 12.8. The lowest BCUT2D eigenvalue weighted by molar-refractivity contribution is 0.590. The Bertz CT molecular complexity index is 3090. The molecular weight excluding hydrogens is 671 g/mol. The van der Waals surface area contributed by atoms with Crippen molar-refractivity contribution in [2.75, 3.05) is 4.90 Å². The van der Waals surface area contributed by atoms with Crippen LogP contribution in [0.4, 0.5) is 17.1 Å². The van der Waals surface area contributed by atoms with E-state index in [1.165, 1.54) is 60.8 Å². The van der Waals surface area contributed by atoms with E-state index < -0.39 is 0 Å². The number of anilines is 3. The first-order valence-corrected chi connectivity index (χ1v) is 19.5. The molecule has 0 atom stereocenters. The first-order chi connectivity index (χ1) is 26.4. The largest absolute Gasteiger partial charge is 0.456 e. The first-order valence-electron chi connectivity index (χ1n) is 19.5. The second-order valence-electron chi connectivity index (χ2n) is 17.8. The summed E-state index contributed by atoms with van der Waals surface area (Å²) in [5.41, 5.74) is 18.4. The second-order valence-corrected chi connectivity index (χ2v) is 17.8. The summed E-state index contributed by atoms with van der Waals surface area (Å²) in [7, 11) is 0. The Hall–Kier alpha value is -6.06. The van der Waals surface area contributed by atoms with Crippen molar-refractivity contribution >= 4 is 60.9 Å². The van der Waals surface area contributed by atoms with Crippen LogP contribution in [0.2, 0.25) is 0 Å². The molecule has 0 fully saturated rings. The topological polar surface area (TPSA) is 29.5 Å². The Morgan fingerprint density at radius 1 is 0.473 bits per heavy atom. The molecule has 2 aliphatic carbocycles. The first kappa shape index (κ1) is 32.4. The third-order valence-electron chi connectivity index (χ3n) is 12.8. The minimum atomic E-state index is -0.193. The molecule has 3 nitrogen and oxygen atoms in total. The normalized spacial score (nSPS) is 15.1. The van der Waals surface area contributed by atoms with Crippen molar-refractivity contribution in [3.63, 3.8) is 0 Å². The van der Waals surface area contributed by atoms with Crippen LogP contribution in [0.5, 0.6) is 0 Å². The van der Waals surface area contributed by atoms with Crippen molar-refractivity contribution in [3.05, 3.63) is 161 Å². The van der Waals surface area contributed by atoms with Crippen molar-refractivity contribution in [1.82, 2.24) is 0 Å². The Labute approximate surface area is 321 Å². The molecule has 0 saturated heterocycles. The van der Waals surface area contributed by atoms with Gasteiger partial charge in [-0.25, -0.2) is 0 Å². The molecular formula is C52H43NO2. The van der Waals surface area contributed by atoms with Crippen molar-refractivity contribution < 1.29 is 8.83 Å². The molecule has 3 heteroatoms. The highest BCUT2D eigenvalue weighted by Crippen LogP contribution is 2.56. The monoisotopic (exact) mass is 713 g/mol. The van der Waals surface area contributed by atoms with Gasteiger partial charge in [-0.1, -0.05) is 127 Å². The zero-order valence-corrected chi connectivity index (χ0v) is 32.5. The third kappa shape index (κ3) is 4.38. The molecule has 9 aromatic rings. The van der Waals surface area contributed by atoms with E-state index in [4.69, 9.17) is 8.83 Å². The molecule has 0 amide bonds. The van der Waals surface area contributed by atoms with E-state index in [-0.39, 0.29) is 16.2 Å². The molecule has 0 N–H and O–H groups in total. The number of nitrogens with zero attached hydrogens (tertiary/aromatic N) is 1. The van der Waals surface area contributed by atoms with Gasteiger partial charge >= 0.3 is 0 Å². The van der Waals surface area contributed by atoms with Gasteiger partial charge in [-0.05, 0) is 105 Å². The van der Waals surface area contributed by atoms with Gasteiger partial charge in [0.1, 0.15) is 22.3 Å². The summed E-state index contributed by atoms with van der Waals surface area (Å²) in [6.07, 6.45) is 0. The average molecular weight is 714 g/mol. The van der Waals surface area contributed by atoms with Gasteiger partial charge in [0.05, 0.1) is 11.1 Å². The van der Waals surface area contributed by atoms with Crippen LogP contribution in [-0.2, 0) is 16.2 Å². The smallest absolute Gasteiger partial charge is 0.143 e. The Kier molecular flexibility index (Phi) is 6.35. The number of fused-ring (bicyclic) bond motifs is 13. The van der Waals surface area contributed by atoms with E-state index in [1.54, 1.807) is 0 Å². The summed E-state index contributed by atoms with van der Waals surface area (Å²) < 4.78 is 13.3. The predicted molar refractivity (Wildman–Crippen MR) is 230 cm³/mol. The molecule has 0 aliphatic heterocycles. The van der Waals surface area contributed by atoms with Gasteiger partial charge in [-0.2, -0.15) is 0 Å². The maximum Gasteiger partial charge on any atom is 0.143 e. The van der Waals surface area contributed by atoms with Crippen LogP contribution in [0, 0.1) is 0 Å². The lowest BCUT2D eigenvalue weighted by atomic mass is 9.82. The molecule has 0 unspecified atom stereocenters. The van der Waals surface area contributed by atoms with E-state index in [1.807, 2.05) is 6.07 Å². The number of benzene rings is 7. The van der Waals surface area contributed by atoms with Gasteiger partial charge in [0.25, 0.3) is 0 Å².